The van der Waals surface area contributed by atoms with Gasteiger partial charge in [0.1, 0.15) is 6.10 Å². The second kappa shape index (κ2) is 14.5. The predicted molar refractivity (Wildman–Crippen MR) is 92.0 cm³/mol. The summed E-state index contributed by atoms with van der Waals surface area (Å²) in [5.74, 6) is 0. The molecule has 22 heavy (non-hydrogen) atoms. The molecule has 0 spiro atoms. The third kappa shape index (κ3) is 10.6. The quantitative estimate of drug-likeness (QED) is 0.422. The van der Waals surface area contributed by atoms with Gasteiger partial charge in [-0.15, -0.1) is 0 Å². The molecule has 1 saturated heterocycles. The van der Waals surface area contributed by atoms with Gasteiger partial charge in [0.25, 0.3) is 0 Å². The third-order valence-corrected chi connectivity index (χ3v) is 4.56. The topological polar surface area (TPSA) is 38.7 Å². The van der Waals surface area contributed by atoms with Crippen LogP contribution < -0.4 is 0 Å². The van der Waals surface area contributed by atoms with E-state index in [0.717, 1.165) is 6.42 Å². The fraction of sp³-hybridized carbons (Fsp3) is 1.00. The average Bonchev–Trinajstić information content (AvgIpc) is 3.00. The Morgan fingerprint density at radius 1 is 0.773 bits per heavy atom. The Bertz CT molecular complexity index is 233. The van der Waals surface area contributed by atoms with Crippen molar-refractivity contribution in [3.8, 4) is 0 Å². The first-order valence-electron chi connectivity index (χ1n) is 9.74. The monoisotopic (exact) mass is 314 g/mol. The van der Waals surface area contributed by atoms with Crippen molar-refractivity contribution < 1.29 is 14.6 Å². The molecule has 0 aliphatic carbocycles. The van der Waals surface area contributed by atoms with Gasteiger partial charge in [-0.05, 0) is 12.8 Å². The lowest BCUT2D eigenvalue weighted by Gasteiger charge is -2.09. The lowest BCUT2D eigenvalue weighted by atomic mass is 10.0. The largest absolute Gasteiger partial charge is 0.394 e. The lowest BCUT2D eigenvalue weighted by Crippen LogP contribution is -2.16. The Morgan fingerprint density at radius 3 is 1.73 bits per heavy atom. The molecular weight excluding hydrogens is 276 g/mol. The average molecular weight is 315 g/mol. The molecular formula is C19H38O3. The van der Waals surface area contributed by atoms with Gasteiger partial charge in [-0.25, -0.2) is 0 Å². The first kappa shape index (κ1) is 19.9. The number of aliphatic hydroxyl groups is 1. The molecule has 1 aliphatic heterocycles. The molecule has 3 heteroatoms. The van der Waals surface area contributed by atoms with Crippen LogP contribution in [0.4, 0.5) is 0 Å². The van der Waals surface area contributed by atoms with Gasteiger partial charge in [0, 0.05) is 0 Å². The van der Waals surface area contributed by atoms with Crippen molar-refractivity contribution in [2.45, 2.75) is 109 Å². The molecule has 1 heterocycles. The molecule has 1 N–H and O–H groups in total. The Balaban J connectivity index is 1.72. The number of ether oxygens (including phenoxy) is 2. The molecule has 0 saturated carbocycles. The minimum atomic E-state index is -0.0908. The van der Waals surface area contributed by atoms with E-state index in [1.807, 2.05) is 0 Å². The predicted octanol–water partition coefficient (Wildman–Crippen LogP) is 5.20. The maximum Gasteiger partial charge on any atom is 0.158 e. The van der Waals surface area contributed by atoms with Crippen LogP contribution in [0.25, 0.3) is 0 Å². The maximum atomic E-state index is 8.96. The van der Waals surface area contributed by atoms with Gasteiger partial charge in [0.15, 0.2) is 6.29 Å². The first-order chi connectivity index (χ1) is 10.9. The summed E-state index contributed by atoms with van der Waals surface area (Å²) < 4.78 is 11.0. The highest BCUT2D eigenvalue weighted by Crippen LogP contribution is 2.18. The van der Waals surface area contributed by atoms with Gasteiger partial charge in [0.05, 0.1) is 13.2 Å². The van der Waals surface area contributed by atoms with Crippen LogP contribution >= 0.6 is 0 Å². The van der Waals surface area contributed by atoms with E-state index >= 15 is 0 Å². The first-order valence-corrected chi connectivity index (χ1v) is 9.74. The van der Waals surface area contributed by atoms with E-state index < -0.39 is 0 Å². The van der Waals surface area contributed by atoms with Gasteiger partial charge in [-0.1, -0.05) is 84.0 Å². The van der Waals surface area contributed by atoms with Crippen molar-refractivity contribution in [1.29, 1.82) is 0 Å². The second-order valence-corrected chi connectivity index (χ2v) is 6.73. The minimum Gasteiger partial charge on any atom is -0.394 e. The van der Waals surface area contributed by atoms with Crippen molar-refractivity contribution in [1.82, 2.24) is 0 Å². The number of hydrogen-bond donors (Lipinski definition) is 1. The molecule has 2 atom stereocenters. The number of aliphatic hydroxyl groups excluding tert-OH is 1. The Hall–Kier alpha value is -0.120. The molecule has 1 fully saturated rings. The van der Waals surface area contributed by atoms with Gasteiger partial charge in [0.2, 0.25) is 0 Å². The summed E-state index contributed by atoms with van der Waals surface area (Å²) in [6.45, 7) is 2.91. The highest BCUT2D eigenvalue weighted by Gasteiger charge is 2.24. The SMILES string of the molecule is CCCCCCCCCCCCCCC[C@@H]1OC[C@@H](CO)O1. The van der Waals surface area contributed by atoms with Crippen LogP contribution in [0.5, 0.6) is 0 Å². The summed E-state index contributed by atoms with van der Waals surface area (Å²) in [5, 5.41) is 8.96. The zero-order chi connectivity index (χ0) is 15.9. The van der Waals surface area contributed by atoms with Crippen molar-refractivity contribution in [2.75, 3.05) is 13.2 Å². The molecule has 0 amide bonds. The van der Waals surface area contributed by atoms with E-state index in [0.29, 0.717) is 6.61 Å². The van der Waals surface area contributed by atoms with Crippen molar-refractivity contribution >= 4 is 0 Å². The van der Waals surface area contributed by atoms with E-state index in [1.165, 1.54) is 83.5 Å². The summed E-state index contributed by atoms with van der Waals surface area (Å²) in [4.78, 5) is 0. The van der Waals surface area contributed by atoms with Crippen LogP contribution in [0, 0.1) is 0 Å². The van der Waals surface area contributed by atoms with E-state index in [2.05, 4.69) is 6.92 Å². The molecule has 0 aromatic carbocycles. The Kier molecular flexibility index (Phi) is 13.1. The number of hydrogen-bond acceptors (Lipinski definition) is 3. The fourth-order valence-corrected chi connectivity index (χ4v) is 3.08. The minimum absolute atomic E-state index is 0.0649. The molecule has 0 bridgehead atoms. The molecule has 0 aromatic rings. The summed E-state index contributed by atoms with van der Waals surface area (Å²) in [7, 11) is 0. The molecule has 1 aliphatic rings. The van der Waals surface area contributed by atoms with Crippen molar-refractivity contribution in [3.05, 3.63) is 0 Å². The highest BCUT2D eigenvalue weighted by molar-refractivity contribution is 4.64. The van der Waals surface area contributed by atoms with Crippen molar-refractivity contribution in [2.24, 2.45) is 0 Å². The van der Waals surface area contributed by atoms with Gasteiger partial charge in [-0.3, -0.25) is 0 Å². The molecule has 132 valence electrons. The van der Waals surface area contributed by atoms with Crippen molar-refractivity contribution in [3.63, 3.8) is 0 Å². The molecule has 0 unspecified atom stereocenters. The maximum absolute atomic E-state index is 8.96. The second-order valence-electron chi connectivity index (χ2n) is 6.73. The summed E-state index contributed by atoms with van der Waals surface area (Å²) in [5.41, 5.74) is 0. The summed E-state index contributed by atoms with van der Waals surface area (Å²) in [6.07, 6.45) is 18.8. The van der Waals surface area contributed by atoms with E-state index in [4.69, 9.17) is 14.6 Å². The van der Waals surface area contributed by atoms with Gasteiger partial charge < -0.3 is 14.6 Å². The van der Waals surface area contributed by atoms with E-state index in [9.17, 15) is 0 Å². The highest BCUT2D eigenvalue weighted by atomic mass is 16.7. The van der Waals surface area contributed by atoms with Crippen LogP contribution in [-0.2, 0) is 9.47 Å². The van der Waals surface area contributed by atoms with Crippen LogP contribution in [0.1, 0.15) is 96.8 Å². The molecule has 0 radical (unpaired) electrons. The summed E-state index contributed by atoms with van der Waals surface area (Å²) in [6, 6.07) is 0. The molecule has 1 rings (SSSR count). The van der Waals surface area contributed by atoms with Crippen LogP contribution in [0.3, 0.4) is 0 Å². The van der Waals surface area contributed by atoms with Crippen LogP contribution in [0.2, 0.25) is 0 Å². The third-order valence-electron chi connectivity index (χ3n) is 4.56. The normalized spacial score (nSPS) is 21.5. The molecule has 0 aromatic heterocycles. The van der Waals surface area contributed by atoms with E-state index in [-0.39, 0.29) is 19.0 Å². The van der Waals surface area contributed by atoms with Crippen LogP contribution in [0.15, 0.2) is 0 Å². The smallest absolute Gasteiger partial charge is 0.158 e. The van der Waals surface area contributed by atoms with Gasteiger partial charge >= 0.3 is 0 Å². The standard InChI is InChI=1S/C19H38O3/c1-2-3-4-5-6-7-8-9-10-11-12-13-14-15-19-21-17-18(16-20)22-19/h18-20H,2-17H2,1H3/t18-,19-/m1/s1. The fourth-order valence-electron chi connectivity index (χ4n) is 3.08. The Labute approximate surface area is 137 Å². The number of rotatable bonds is 15. The zero-order valence-electron chi connectivity index (χ0n) is 14.7. The zero-order valence-corrected chi connectivity index (χ0v) is 14.7. The molecule has 3 nitrogen and oxygen atoms in total. The van der Waals surface area contributed by atoms with Gasteiger partial charge in [-0.2, -0.15) is 0 Å². The van der Waals surface area contributed by atoms with Crippen LogP contribution in [-0.4, -0.2) is 30.7 Å². The summed E-state index contributed by atoms with van der Waals surface area (Å²) >= 11 is 0. The Morgan fingerprint density at radius 2 is 1.27 bits per heavy atom. The van der Waals surface area contributed by atoms with E-state index in [1.54, 1.807) is 0 Å². The number of unbranched alkanes of at least 4 members (excludes halogenated alkanes) is 12. The lowest BCUT2D eigenvalue weighted by molar-refractivity contribution is -0.0701.